The van der Waals surface area contributed by atoms with Crippen LogP contribution in [0.4, 0.5) is 0 Å². The van der Waals surface area contributed by atoms with Gasteiger partial charge in [0.2, 0.25) is 59.1 Å². The number of nitrogens with one attached hydrogen (secondary N) is 9. The first kappa shape index (κ1) is 73.8. The first-order valence-corrected chi connectivity index (χ1v) is 27.2. The van der Waals surface area contributed by atoms with E-state index in [9.17, 15) is 72.9 Å². The Hall–Kier alpha value is -7.25. The standard InChI is InChI=1S/C50H92N16O15/c1-25(2)21-33(58-37(69)24-53)44(75)64-35(23-38(70)71)46(77)63-34(22-26(3)4)45(76)59-29(13-8-10-18-51)42(73)65-39(27(5)6)47(78)60-30(15-12-20-57-50(55)56)43(74)66-40(28(7)67)48(79)61-31(16-17-36(54)68)41(72)62-32(49(80)81)14-9-11-19-52/h25-35,39-40,67H,8-24,51-53H2,1-7H3,(H2,54,68)(H,58,69)(H,59,76)(H,60,78)(H,61,79)(H,62,72)(H,63,77)(H,64,75)(H,65,73)(H,66,74)(H,70,71)(H,80,81)(H4,55,56,57)/t28-,29+,30+,31+,32+,33+,34+,35+,39+,40+/m1/s1. The Balaban J connectivity index is 6.90. The minimum absolute atomic E-state index is 0.0182. The van der Waals surface area contributed by atoms with Gasteiger partial charge in [-0.25, -0.2) is 4.79 Å². The van der Waals surface area contributed by atoms with Crippen molar-refractivity contribution in [1.82, 2.24) is 47.9 Å². The molecule has 24 N–H and O–H groups in total. The number of hydrogen-bond donors (Lipinski definition) is 18. The van der Waals surface area contributed by atoms with Crippen molar-refractivity contribution < 1.29 is 72.9 Å². The number of nitrogens with two attached hydrogens (primary N) is 6. The summed E-state index contributed by atoms with van der Waals surface area (Å²) in [5, 5.41) is 52.3. The van der Waals surface area contributed by atoms with Crippen LogP contribution in [0.15, 0.2) is 4.99 Å². The number of carbonyl (C=O) groups excluding carboxylic acids is 10. The number of carboxylic acids is 2. The molecule has 0 aliphatic heterocycles. The smallest absolute Gasteiger partial charge is 0.326 e. The Labute approximate surface area is 472 Å². The molecule has 31 heteroatoms. The van der Waals surface area contributed by atoms with Crippen molar-refractivity contribution in [1.29, 1.82) is 0 Å². The molecule has 0 heterocycles. The number of aliphatic imine (C=N–C) groups is 1. The highest BCUT2D eigenvalue weighted by Crippen LogP contribution is 2.13. The Kier molecular flexibility index (Phi) is 35.7. The van der Waals surface area contributed by atoms with Crippen LogP contribution in [0.3, 0.4) is 0 Å². The van der Waals surface area contributed by atoms with Crippen LogP contribution in [0.2, 0.25) is 0 Å². The summed E-state index contributed by atoms with van der Waals surface area (Å²) in [6, 6.07) is -13.5. The number of nitrogens with zero attached hydrogens (tertiary/aromatic N) is 1. The van der Waals surface area contributed by atoms with Gasteiger partial charge < -0.3 is 97.6 Å². The fourth-order valence-corrected chi connectivity index (χ4v) is 7.94. The van der Waals surface area contributed by atoms with Crippen LogP contribution in [-0.4, -0.2) is 179 Å². The molecule has 10 atom stereocenters. The van der Waals surface area contributed by atoms with E-state index in [2.05, 4.69) is 52.8 Å². The summed E-state index contributed by atoms with van der Waals surface area (Å²) >= 11 is 0. The number of hydrogen-bond acceptors (Lipinski definition) is 17. The lowest BCUT2D eigenvalue weighted by Crippen LogP contribution is -2.62. The van der Waals surface area contributed by atoms with Crippen LogP contribution in [-0.2, 0) is 57.5 Å². The molecular formula is C50H92N16O15. The van der Waals surface area contributed by atoms with E-state index in [4.69, 9.17) is 34.4 Å². The lowest BCUT2D eigenvalue weighted by atomic mass is 9.99. The van der Waals surface area contributed by atoms with E-state index in [1.165, 1.54) is 0 Å². The third kappa shape index (κ3) is 30.8. The van der Waals surface area contributed by atoms with Crippen molar-refractivity contribution in [2.75, 3.05) is 26.2 Å². The highest BCUT2D eigenvalue weighted by atomic mass is 16.4. The van der Waals surface area contributed by atoms with Crippen LogP contribution in [0.1, 0.15) is 132 Å². The zero-order valence-corrected chi connectivity index (χ0v) is 47.7. The molecule has 0 aromatic rings. The van der Waals surface area contributed by atoms with Crippen molar-refractivity contribution >= 4 is 77.0 Å². The van der Waals surface area contributed by atoms with Crippen LogP contribution in [0.5, 0.6) is 0 Å². The first-order chi connectivity index (χ1) is 37.9. The average Bonchev–Trinajstić information content (AvgIpc) is 3.39. The van der Waals surface area contributed by atoms with Gasteiger partial charge in [-0.2, -0.15) is 0 Å². The fourth-order valence-electron chi connectivity index (χ4n) is 7.94. The SMILES string of the molecule is CC(C)C[C@H](NC(=O)CN)C(=O)N[C@@H](CC(=O)O)C(=O)N[C@@H](CC(C)C)C(=O)N[C@@H](CCCCN)C(=O)N[C@H](C(=O)N[C@@H](CCCN=C(N)N)C(=O)N[C@H](C(=O)N[C@@H](CCC(N)=O)C(=O)N[C@@H](CCCCN)C(=O)O)[C@@H](C)O)C(C)C. The van der Waals surface area contributed by atoms with Crippen LogP contribution in [0.25, 0.3) is 0 Å². The Bertz CT molecular complexity index is 2120. The third-order valence-corrected chi connectivity index (χ3v) is 12.2. The van der Waals surface area contributed by atoms with E-state index in [0.717, 1.165) is 6.92 Å². The zero-order chi connectivity index (χ0) is 62.1. The summed E-state index contributed by atoms with van der Waals surface area (Å²) < 4.78 is 0. The maximum Gasteiger partial charge on any atom is 0.326 e. The van der Waals surface area contributed by atoms with Gasteiger partial charge in [0.25, 0.3) is 0 Å². The van der Waals surface area contributed by atoms with Crippen molar-refractivity contribution in [3.8, 4) is 0 Å². The predicted molar refractivity (Wildman–Crippen MR) is 296 cm³/mol. The largest absolute Gasteiger partial charge is 0.481 e. The number of carboxylic acid groups (broad SMARTS) is 2. The lowest BCUT2D eigenvalue weighted by Gasteiger charge is -2.30. The number of rotatable bonds is 42. The molecule has 10 amide bonds. The van der Waals surface area contributed by atoms with Crippen LogP contribution in [0, 0.1) is 17.8 Å². The van der Waals surface area contributed by atoms with Gasteiger partial charge in [0, 0.05) is 13.0 Å². The van der Waals surface area contributed by atoms with E-state index < -0.39 is 163 Å². The molecule has 0 spiro atoms. The van der Waals surface area contributed by atoms with Gasteiger partial charge in [-0.05, 0) is 108 Å². The van der Waals surface area contributed by atoms with E-state index in [-0.39, 0.29) is 82.4 Å². The maximum atomic E-state index is 14.3. The Morgan fingerprint density at radius 3 is 1.26 bits per heavy atom. The van der Waals surface area contributed by atoms with E-state index in [1.54, 1.807) is 41.5 Å². The highest BCUT2D eigenvalue weighted by molar-refractivity contribution is 5.99. The lowest BCUT2D eigenvalue weighted by molar-refractivity contribution is -0.143. The van der Waals surface area contributed by atoms with Gasteiger partial charge in [0.05, 0.1) is 19.1 Å². The van der Waals surface area contributed by atoms with Gasteiger partial charge in [0.1, 0.15) is 54.4 Å². The molecule has 31 nitrogen and oxygen atoms in total. The minimum atomic E-state index is -1.83. The number of unbranched alkanes of at least 4 members (excludes halogenated alkanes) is 2. The normalized spacial score (nSPS) is 14.9. The number of amides is 10. The average molecular weight is 1160 g/mol. The van der Waals surface area contributed by atoms with Crippen molar-refractivity contribution in [2.24, 2.45) is 57.1 Å². The summed E-state index contributed by atoms with van der Waals surface area (Å²) in [5.74, 6) is -13.7. The molecule has 0 aromatic heterocycles. The highest BCUT2D eigenvalue weighted by Gasteiger charge is 2.37. The maximum absolute atomic E-state index is 14.3. The van der Waals surface area contributed by atoms with E-state index >= 15 is 0 Å². The molecule has 0 aliphatic carbocycles. The summed E-state index contributed by atoms with van der Waals surface area (Å²) in [6.45, 7) is 11.2. The number of aliphatic hydroxyl groups excluding tert-OH is 1. The van der Waals surface area contributed by atoms with Gasteiger partial charge in [-0.1, -0.05) is 41.5 Å². The fraction of sp³-hybridized carbons (Fsp3) is 0.740. The van der Waals surface area contributed by atoms with Gasteiger partial charge in [-0.15, -0.1) is 0 Å². The zero-order valence-electron chi connectivity index (χ0n) is 47.7. The quantitative estimate of drug-likeness (QED) is 0.0154. The van der Waals surface area contributed by atoms with E-state index in [0.29, 0.717) is 19.3 Å². The van der Waals surface area contributed by atoms with Gasteiger partial charge >= 0.3 is 11.9 Å². The topological polar surface area (TPSA) is 542 Å². The molecular weight excluding hydrogens is 1060 g/mol. The molecule has 0 saturated carbocycles. The van der Waals surface area contributed by atoms with Gasteiger partial charge in [-0.3, -0.25) is 57.7 Å². The number of primary amides is 1. The Morgan fingerprint density at radius 2 is 0.827 bits per heavy atom. The van der Waals surface area contributed by atoms with Crippen molar-refractivity contribution in [3.05, 3.63) is 0 Å². The molecule has 0 bridgehead atoms. The molecule has 462 valence electrons. The summed E-state index contributed by atoms with van der Waals surface area (Å²) in [6.07, 6.45) is -2.12. The first-order valence-electron chi connectivity index (χ1n) is 27.2. The molecule has 0 radical (unpaired) electrons. The van der Waals surface area contributed by atoms with Crippen LogP contribution >= 0.6 is 0 Å². The predicted octanol–water partition coefficient (Wildman–Crippen LogP) is -5.43. The Morgan fingerprint density at radius 1 is 0.444 bits per heavy atom. The molecule has 0 aromatic carbocycles. The second kappa shape index (κ2) is 39.2. The van der Waals surface area contributed by atoms with E-state index in [1.807, 2.05) is 0 Å². The summed E-state index contributed by atoms with van der Waals surface area (Å²) in [5.41, 5.74) is 32.9. The number of aliphatic hydroxyl groups is 1. The third-order valence-electron chi connectivity index (χ3n) is 12.2. The number of guanidine groups is 1. The summed E-state index contributed by atoms with van der Waals surface area (Å²) in [4.78, 5) is 163. The molecule has 0 aliphatic rings. The summed E-state index contributed by atoms with van der Waals surface area (Å²) in [7, 11) is 0. The number of aliphatic carboxylic acids is 2. The second-order valence-electron chi connectivity index (χ2n) is 20.9. The molecule has 81 heavy (non-hydrogen) atoms. The monoisotopic (exact) mass is 1160 g/mol. The molecule has 0 saturated heterocycles. The second-order valence-corrected chi connectivity index (χ2v) is 20.9. The number of carbonyl (C=O) groups is 12. The molecule has 0 rings (SSSR count). The molecule has 0 unspecified atom stereocenters. The van der Waals surface area contributed by atoms with Gasteiger partial charge in [0.15, 0.2) is 5.96 Å². The molecule has 0 fully saturated rings. The van der Waals surface area contributed by atoms with Crippen LogP contribution < -0.4 is 82.3 Å². The van der Waals surface area contributed by atoms with Crippen molar-refractivity contribution in [2.45, 2.75) is 192 Å². The minimum Gasteiger partial charge on any atom is -0.481 e. The van der Waals surface area contributed by atoms with Crippen molar-refractivity contribution in [3.63, 3.8) is 0 Å².